The topological polar surface area (TPSA) is 92.2 Å². The molecule has 1 aromatic heterocycles. The van der Waals surface area contributed by atoms with Gasteiger partial charge in [0.25, 0.3) is 11.8 Å². The van der Waals surface area contributed by atoms with Crippen molar-refractivity contribution in [3.8, 4) is 0 Å². The zero-order valence-corrected chi connectivity index (χ0v) is 22.8. The van der Waals surface area contributed by atoms with Crippen LogP contribution >= 0.6 is 0 Å². The summed E-state index contributed by atoms with van der Waals surface area (Å²) in [5.74, 6) is -1.96. The van der Waals surface area contributed by atoms with Crippen LogP contribution in [0, 0.1) is 5.82 Å². The molecule has 1 fully saturated rings. The van der Waals surface area contributed by atoms with Gasteiger partial charge in [-0.3, -0.25) is 23.9 Å². The smallest absolute Gasteiger partial charge is 0.418 e. The minimum Gasteiger partial charge on any atom is -0.449 e. The van der Waals surface area contributed by atoms with Crippen LogP contribution in [0.3, 0.4) is 0 Å². The van der Waals surface area contributed by atoms with Gasteiger partial charge in [0.05, 0.1) is 17.7 Å². The van der Waals surface area contributed by atoms with Gasteiger partial charge < -0.3 is 14.5 Å². The van der Waals surface area contributed by atoms with E-state index in [9.17, 15) is 23.6 Å². The fourth-order valence-corrected chi connectivity index (χ4v) is 4.89. The quantitative estimate of drug-likeness (QED) is 0.352. The maximum absolute atomic E-state index is 13.9. The van der Waals surface area contributed by atoms with Crippen LogP contribution < -0.4 is 0 Å². The fourth-order valence-electron chi connectivity index (χ4n) is 4.89. The van der Waals surface area contributed by atoms with Crippen molar-refractivity contribution in [1.29, 1.82) is 0 Å². The van der Waals surface area contributed by atoms with Gasteiger partial charge in [0.15, 0.2) is 0 Å². The van der Waals surface area contributed by atoms with E-state index >= 15 is 0 Å². The van der Waals surface area contributed by atoms with Gasteiger partial charge in [-0.1, -0.05) is 12.1 Å². The van der Waals surface area contributed by atoms with Gasteiger partial charge in [0, 0.05) is 63.0 Å². The monoisotopic (exact) mass is 536 g/mol. The molecule has 0 radical (unpaired) electrons. The number of hydrogen-bond acceptors (Lipinski definition) is 6. The van der Waals surface area contributed by atoms with E-state index in [0.29, 0.717) is 30.5 Å². The lowest BCUT2D eigenvalue weighted by Crippen LogP contribution is -2.57. The Morgan fingerprint density at radius 3 is 2.33 bits per heavy atom. The van der Waals surface area contributed by atoms with E-state index in [4.69, 9.17) is 4.74 Å². The van der Waals surface area contributed by atoms with Crippen LogP contribution in [0.25, 0.3) is 10.9 Å². The number of hydrogen-bond donors (Lipinski definition) is 0. The summed E-state index contributed by atoms with van der Waals surface area (Å²) in [7, 11) is 2.98. The van der Waals surface area contributed by atoms with Crippen molar-refractivity contribution in [1.82, 2.24) is 19.3 Å². The number of nitrogens with zero attached hydrogens (tertiary/aromatic N) is 4. The Labute approximate surface area is 226 Å². The number of rotatable bonds is 6. The first-order valence-electron chi connectivity index (χ1n) is 12.9. The second-order valence-corrected chi connectivity index (χ2v) is 10.1. The van der Waals surface area contributed by atoms with Crippen LogP contribution in [-0.2, 0) is 16.1 Å². The van der Waals surface area contributed by atoms with E-state index in [1.807, 2.05) is 13.8 Å². The third kappa shape index (κ3) is 5.70. The number of benzene rings is 2. The highest BCUT2D eigenvalue weighted by molar-refractivity contribution is 6.43. The summed E-state index contributed by atoms with van der Waals surface area (Å²) in [6, 6.07) is 10.8. The van der Waals surface area contributed by atoms with Crippen LogP contribution in [0.5, 0.6) is 0 Å². The maximum Gasteiger partial charge on any atom is 0.418 e. The molecule has 0 N–H and O–H groups in total. The zero-order chi connectivity index (χ0) is 28.4. The summed E-state index contributed by atoms with van der Waals surface area (Å²) in [4.78, 5) is 56.9. The predicted octanol–water partition coefficient (Wildman–Crippen LogP) is 3.79. The number of likely N-dealkylation sites (N-methyl/N-ethyl adjacent to an activating group) is 1. The van der Waals surface area contributed by atoms with Gasteiger partial charge in [-0.05, 0) is 56.7 Å². The zero-order valence-electron chi connectivity index (χ0n) is 22.8. The molecule has 1 saturated heterocycles. The van der Waals surface area contributed by atoms with E-state index in [-0.39, 0.29) is 41.5 Å². The Morgan fingerprint density at radius 1 is 1.00 bits per heavy atom. The number of carbonyl (C=O) groups excluding carboxylic acids is 4. The van der Waals surface area contributed by atoms with Crippen molar-refractivity contribution in [2.24, 2.45) is 0 Å². The lowest BCUT2D eigenvalue weighted by atomic mass is 10.0. The van der Waals surface area contributed by atoms with Crippen LogP contribution in [0.2, 0.25) is 0 Å². The van der Waals surface area contributed by atoms with Gasteiger partial charge >= 0.3 is 6.09 Å². The first kappa shape index (κ1) is 28.0. The van der Waals surface area contributed by atoms with Crippen molar-refractivity contribution in [3.05, 3.63) is 71.2 Å². The Bertz CT molecular complexity index is 1420. The minimum atomic E-state index is -0.708. The average molecular weight is 537 g/mol. The molecule has 2 heterocycles. The van der Waals surface area contributed by atoms with Gasteiger partial charge in [-0.25, -0.2) is 9.18 Å². The number of fused-ring (bicyclic) bond motifs is 1. The van der Waals surface area contributed by atoms with Gasteiger partial charge in [0.2, 0.25) is 5.78 Å². The molecule has 0 bridgehead atoms. The van der Waals surface area contributed by atoms with E-state index in [1.165, 1.54) is 54.0 Å². The molecule has 39 heavy (non-hydrogen) atoms. The number of ketones is 1. The Kier molecular flexibility index (Phi) is 8.15. The summed E-state index contributed by atoms with van der Waals surface area (Å²) in [6.45, 7) is 7.49. The summed E-state index contributed by atoms with van der Waals surface area (Å²) < 4.78 is 19.8. The van der Waals surface area contributed by atoms with Crippen LogP contribution in [0.4, 0.5) is 9.18 Å². The molecule has 2 amide bonds. The molecule has 1 aliphatic rings. The summed E-state index contributed by atoms with van der Waals surface area (Å²) in [5.41, 5.74) is 1.76. The molecule has 0 spiro atoms. The highest BCUT2D eigenvalue weighted by atomic mass is 19.1. The molecule has 3 aromatic rings. The molecule has 2 aromatic carbocycles. The van der Waals surface area contributed by atoms with Crippen LogP contribution in [0.15, 0.2) is 48.7 Å². The second-order valence-electron chi connectivity index (χ2n) is 10.1. The molecule has 0 unspecified atom stereocenters. The number of amides is 2. The number of carbonyl (C=O) groups is 4. The molecule has 2 atom stereocenters. The van der Waals surface area contributed by atoms with Gasteiger partial charge in [0.1, 0.15) is 5.82 Å². The maximum atomic E-state index is 13.9. The van der Waals surface area contributed by atoms with Gasteiger partial charge in [-0.2, -0.15) is 0 Å². The predicted molar refractivity (Wildman–Crippen MR) is 144 cm³/mol. The summed E-state index contributed by atoms with van der Waals surface area (Å²) in [5, 5.41) is 0.388. The largest absolute Gasteiger partial charge is 0.449 e. The third-order valence-electron chi connectivity index (χ3n) is 7.04. The number of piperazine rings is 1. The molecule has 0 aliphatic carbocycles. The average Bonchev–Trinajstić information content (AvgIpc) is 3.29. The molecule has 0 saturated carbocycles. The SMILES string of the molecule is CCOC(=O)n1cc(C(=O)N2C[C@H](C)N(Cc3ccc(F)cc3)C[C@H]2C)c2cc(C(=O)C(=O)N(C)C)ccc21. The molecular weight excluding hydrogens is 503 g/mol. The van der Waals surface area contributed by atoms with Gasteiger partial charge in [-0.15, -0.1) is 0 Å². The Morgan fingerprint density at radius 2 is 1.69 bits per heavy atom. The van der Waals surface area contributed by atoms with Crippen molar-refractivity contribution in [2.45, 2.75) is 39.4 Å². The highest BCUT2D eigenvalue weighted by Crippen LogP contribution is 2.28. The van der Waals surface area contributed by atoms with Crippen molar-refractivity contribution < 1.29 is 28.3 Å². The Hall–Kier alpha value is -4.05. The first-order chi connectivity index (χ1) is 18.5. The van der Waals surface area contributed by atoms with E-state index in [2.05, 4.69) is 4.90 Å². The van der Waals surface area contributed by atoms with E-state index in [1.54, 1.807) is 30.0 Å². The number of halogens is 1. The summed E-state index contributed by atoms with van der Waals surface area (Å²) >= 11 is 0. The minimum absolute atomic E-state index is 0.0171. The molecule has 10 heteroatoms. The highest BCUT2D eigenvalue weighted by Gasteiger charge is 2.34. The molecular formula is C29H33FN4O5. The Balaban J connectivity index is 1.66. The summed E-state index contributed by atoms with van der Waals surface area (Å²) in [6.07, 6.45) is 0.797. The second kappa shape index (κ2) is 11.4. The first-order valence-corrected chi connectivity index (χ1v) is 12.9. The van der Waals surface area contributed by atoms with E-state index in [0.717, 1.165) is 5.56 Å². The molecule has 1 aliphatic heterocycles. The van der Waals surface area contributed by atoms with Crippen LogP contribution in [-0.4, -0.2) is 88.8 Å². The van der Waals surface area contributed by atoms with Crippen molar-refractivity contribution in [3.63, 3.8) is 0 Å². The van der Waals surface area contributed by atoms with Crippen molar-refractivity contribution >= 4 is 34.6 Å². The molecule has 206 valence electrons. The molecule has 4 rings (SSSR count). The standard InChI is InChI=1S/C29H33FN4O5/c1-6-39-29(38)34-17-24(23-13-21(9-12-25(23)34)26(35)28(37)31(4)5)27(36)33-15-18(2)32(14-19(33)3)16-20-7-10-22(30)11-8-20/h7-13,17-19H,6,14-16H2,1-5H3/t18-,19+/m0/s1. The van der Waals surface area contributed by atoms with Crippen LogP contribution in [0.1, 0.15) is 47.1 Å². The number of ether oxygens (including phenoxy) is 1. The number of Topliss-reactive ketones (excluding diaryl/α,β-unsaturated/α-hetero) is 1. The molecule has 9 nitrogen and oxygen atoms in total. The lowest BCUT2D eigenvalue weighted by Gasteiger charge is -2.44. The van der Waals surface area contributed by atoms with Crippen molar-refractivity contribution in [2.75, 3.05) is 33.8 Å². The van der Waals surface area contributed by atoms with E-state index < -0.39 is 17.8 Å². The normalized spacial score (nSPS) is 17.7. The number of aromatic nitrogens is 1. The third-order valence-corrected chi connectivity index (χ3v) is 7.04. The fraction of sp³-hybridized carbons (Fsp3) is 0.379. The lowest BCUT2D eigenvalue weighted by molar-refractivity contribution is -0.124.